The van der Waals surface area contributed by atoms with E-state index in [9.17, 15) is 14.7 Å². The number of aliphatic hydroxyl groups excluding tert-OH is 1. The summed E-state index contributed by atoms with van der Waals surface area (Å²) in [5.41, 5.74) is 0.479. The van der Waals surface area contributed by atoms with E-state index in [2.05, 4.69) is 0 Å². The van der Waals surface area contributed by atoms with Gasteiger partial charge in [-0.25, -0.2) is 0 Å². The Balaban J connectivity index is 2.21. The third kappa shape index (κ3) is 7.28. The van der Waals surface area contributed by atoms with E-state index >= 15 is 0 Å². The molecule has 5 heteroatoms. The number of benzene rings is 1. The SMILES string of the molecule is CCC(C)(C)C(=O)OCC(O)COC(=O)CCc1ccccc1. The number of aliphatic hydroxyl groups is 1. The van der Waals surface area contributed by atoms with Crippen molar-refractivity contribution in [1.82, 2.24) is 0 Å². The molecule has 0 aliphatic heterocycles. The molecule has 1 atom stereocenters. The summed E-state index contributed by atoms with van der Waals surface area (Å²) < 4.78 is 10.0. The second-order valence-corrected chi connectivity index (χ2v) is 6.16. The molecule has 0 bridgehead atoms. The molecule has 1 aromatic carbocycles. The Labute approximate surface area is 137 Å². The molecule has 1 unspecified atom stereocenters. The van der Waals surface area contributed by atoms with E-state index in [1.165, 1.54) is 0 Å². The Morgan fingerprint density at radius 2 is 1.74 bits per heavy atom. The lowest BCUT2D eigenvalue weighted by Crippen LogP contribution is -2.31. The topological polar surface area (TPSA) is 72.8 Å². The summed E-state index contributed by atoms with van der Waals surface area (Å²) in [6.45, 7) is 5.12. The Morgan fingerprint density at radius 1 is 1.13 bits per heavy atom. The molecule has 1 rings (SSSR count). The van der Waals surface area contributed by atoms with Crippen molar-refractivity contribution in [2.75, 3.05) is 13.2 Å². The first-order chi connectivity index (χ1) is 10.8. The lowest BCUT2D eigenvalue weighted by atomic mass is 9.91. The van der Waals surface area contributed by atoms with Crippen LogP contribution in [0.15, 0.2) is 30.3 Å². The Hall–Kier alpha value is -1.88. The van der Waals surface area contributed by atoms with Crippen LogP contribution in [0.1, 0.15) is 39.2 Å². The van der Waals surface area contributed by atoms with Crippen molar-refractivity contribution in [3.63, 3.8) is 0 Å². The van der Waals surface area contributed by atoms with Gasteiger partial charge in [0.25, 0.3) is 0 Å². The summed E-state index contributed by atoms with van der Waals surface area (Å²) in [7, 11) is 0. The fourth-order valence-corrected chi connectivity index (χ4v) is 1.71. The van der Waals surface area contributed by atoms with Crippen LogP contribution in [0, 0.1) is 5.41 Å². The van der Waals surface area contributed by atoms with Crippen LogP contribution in [0.5, 0.6) is 0 Å². The monoisotopic (exact) mass is 322 g/mol. The molecule has 0 fully saturated rings. The van der Waals surface area contributed by atoms with Gasteiger partial charge in [-0.2, -0.15) is 0 Å². The fourth-order valence-electron chi connectivity index (χ4n) is 1.71. The molecule has 0 radical (unpaired) electrons. The molecule has 128 valence electrons. The minimum atomic E-state index is -1.01. The Morgan fingerprint density at radius 3 is 2.35 bits per heavy atom. The second-order valence-electron chi connectivity index (χ2n) is 6.16. The largest absolute Gasteiger partial charge is 0.463 e. The number of hydrogen-bond acceptors (Lipinski definition) is 5. The zero-order valence-corrected chi connectivity index (χ0v) is 14.1. The number of carbonyl (C=O) groups excluding carboxylic acids is 2. The van der Waals surface area contributed by atoms with E-state index in [1.807, 2.05) is 37.3 Å². The van der Waals surface area contributed by atoms with E-state index < -0.39 is 11.5 Å². The Kier molecular flexibility index (Phi) is 7.75. The van der Waals surface area contributed by atoms with E-state index in [0.29, 0.717) is 12.8 Å². The van der Waals surface area contributed by atoms with Crippen LogP contribution in [0.25, 0.3) is 0 Å². The highest BCUT2D eigenvalue weighted by atomic mass is 16.6. The van der Waals surface area contributed by atoms with Gasteiger partial charge in [0.2, 0.25) is 0 Å². The molecule has 23 heavy (non-hydrogen) atoms. The molecule has 0 spiro atoms. The van der Waals surface area contributed by atoms with Crippen molar-refractivity contribution in [2.24, 2.45) is 5.41 Å². The summed E-state index contributed by atoms with van der Waals surface area (Å²) >= 11 is 0. The van der Waals surface area contributed by atoms with Crippen LogP contribution in [-0.2, 0) is 25.5 Å². The van der Waals surface area contributed by atoms with Gasteiger partial charge in [0.05, 0.1) is 5.41 Å². The normalized spacial score (nSPS) is 12.5. The molecule has 0 heterocycles. The third-order valence-electron chi connectivity index (χ3n) is 3.74. The lowest BCUT2D eigenvalue weighted by molar-refractivity contribution is -0.159. The third-order valence-corrected chi connectivity index (χ3v) is 3.74. The van der Waals surface area contributed by atoms with Gasteiger partial charge in [-0.05, 0) is 32.3 Å². The molecule has 0 amide bonds. The smallest absolute Gasteiger partial charge is 0.311 e. The van der Waals surface area contributed by atoms with E-state index in [0.717, 1.165) is 5.56 Å². The van der Waals surface area contributed by atoms with Crippen LogP contribution >= 0.6 is 0 Å². The Bertz CT molecular complexity index is 495. The van der Waals surface area contributed by atoms with Gasteiger partial charge in [0.1, 0.15) is 19.3 Å². The predicted molar refractivity (Wildman–Crippen MR) is 86.8 cm³/mol. The minimum absolute atomic E-state index is 0.172. The molecule has 0 saturated heterocycles. The average Bonchev–Trinajstić information content (AvgIpc) is 2.56. The summed E-state index contributed by atoms with van der Waals surface area (Å²) in [5, 5.41) is 9.72. The van der Waals surface area contributed by atoms with Crippen molar-refractivity contribution >= 4 is 11.9 Å². The molecule has 1 N–H and O–H groups in total. The molecule has 5 nitrogen and oxygen atoms in total. The van der Waals surface area contributed by atoms with Gasteiger partial charge in [-0.1, -0.05) is 37.3 Å². The van der Waals surface area contributed by atoms with Gasteiger partial charge in [0.15, 0.2) is 0 Å². The highest BCUT2D eigenvalue weighted by Gasteiger charge is 2.27. The van der Waals surface area contributed by atoms with E-state index in [-0.39, 0.29) is 31.6 Å². The lowest BCUT2D eigenvalue weighted by Gasteiger charge is -2.21. The predicted octanol–water partition coefficient (Wildman–Crippen LogP) is 2.50. The van der Waals surface area contributed by atoms with Crippen molar-refractivity contribution in [3.05, 3.63) is 35.9 Å². The summed E-state index contributed by atoms with van der Waals surface area (Å²) in [6.07, 6.45) is 0.484. The van der Waals surface area contributed by atoms with Gasteiger partial charge in [-0.3, -0.25) is 9.59 Å². The van der Waals surface area contributed by atoms with Crippen molar-refractivity contribution in [1.29, 1.82) is 0 Å². The van der Waals surface area contributed by atoms with Crippen molar-refractivity contribution in [2.45, 2.75) is 46.1 Å². The maximum absolute atomic E-state index is 11.8. The standard InChI is InChI=1S/C18H26O5/c1-4-18(2,3)17(21)23-13-15(19)12-22-16(20)11-10-14-8-6-5-7-9-14/h5-9,15,19H,4,10-13H2,1-3H3. The highest BCUT2D eigenvalue weighted by molar-refractivity contribution is 5.75. The maximum Gasteiger partial charge on any atom is 0.311 e. The number of aryl methyl sites for hydroxylation is 1. The van der Waals surface area contributed by atoms with Crippen LogP contribution < -0.4 is 0 Å². The molecule has 0 aromatic heterocycles. The molecule has 0 aliphatic rings. The molecular weight excluding hydrogens is 296 g/mol. The van der Waals surface area contributed by atoms with Gasteiger partial charge in [0, 0.05) is 6.42 Å². The summed E-state index contributed by atoms with van der Waals surface area (Å²) in [6, 6.07) is 9.63. The van der Waals surface area contributed by atoms with Crippen LogP contribution in [0.4, 0.5) is 0 Å². The minimum Gasteiger partial charge on any atom is -0.463 e. The number of carbonyl (C=O) groups is 2. The molecule has 0 aliphatic carbocycles. The molecule has 1 aromatic rings. The molecule has 0 saturated carbocycles. The van der Waals surface area contributed by atoms with E-state index in [1.54, 1.807) is 13.8 Å². The van der Waals surface area contributed by atoms with Crippen LogP contribution in [-0.4, -0.2) is 36.4 Å². The zero-order chi connectivity index (χ0) is 17.3. The van der Waals surface area contributed by atoms with Gasteiger partial charge >= 0.3 is 11.9 Å². The summed E-state index contributed by atoms with van der Waals surface area (Å²) in [5.74, 6) is -0.748. The maximum atomic E-state index is 11.8. The zero-order valence-electron chi connectivity index (χ0n) is 14.1. The first kappa shape index (κ1) is 19.2. The van der Waals surface area contributed by atoms with Gasteiger partial charge < -0.3 is 14.6 Å². The first-order valence-electron chi connectivity index (χ1n) is 7.90. The summed E-state index contributed by atoms with van der Waals surface area (Å²) in [4.78, 5) is 23.4. The second kappa shape index (κ2) is 9.30. The first-order valence-corrected chi connectivity index (χ1v) is 7.90. The number of hydrogen-bond donors (Lipinski definition) is 1. The highest BCUT2D eigenvalue weighted by Crippen LogP contribution is 2.21. The quantitative estimate of drug-likeness (QED) is 0.707. The molecular formula is C18H26O5. The fraction of sp³-hybridized carbons (Fsp3) is 0.556. The average molecular weight is 322 g/mol. The van der Waals surface area contributed by atoms with Crippen molar-refractivity contribution < 1.29 is 24.2 Å². The van der Waals surface area contributed by atoms with Crippen molar-refractivity contribution in [3.8, 4) is 0 Å². The number of ether oxygens (including phenoxy) is 2. The van der Waals surface area contributed by atoms with E-state index in [4.69, 9.17) is 9.47 Å². The number of esters is 2. The van der Waals surface area contributed by atoms with Crippen LogP contribution in [0.3, 0.4) is 0 Å². The van der Waals surface area contributed by atoms with Crippen LogP contribution in [0.2, 0.25) is 0 Å². The number of rotatable bonds is 9. The van der Waals surface area contributed by atoms with Gasteiger partial charge in [-0.15, -0.1) is 0 Å².